The average molecular weight is 371 g/mol. The molecule has 2 aliphatic heterocycles. The molecule has 0 aliphatic carbocycles. The van der Waals surface area contributed by atoms with Crippen LogP contribution in [0.4, 0.5) is 4.39 Å². The monoisotopic (exact) mass is 371 g/mol. The lowest BCUT2D eigenvalue weighted by atomic mass is 9.74. The van der Waals surface area contributed by atoms with Crippen LogP contribution in [0.15, 0.2) is 36.4 Å². The molecule has 1 fully saturated rings. The standard InChI is InChI=1S/C21H22FNO4/c1-14-10-15(2-4-17(14)22)20(24)23-12-21(6-8-25-9-7-21)16-3-5-18-19(11-16)27-13-26-18/h2-5,10-11H,6-9,12-13H2,1H3,(H,23,24). The van der Waals surface area contributed by atoms with Crippen LogP contribution in [0.5, 0.6) is 11.5 Å². The number of hydrogen-bond acceptors (Lipinski definition) is 4. The van der Waals surface area contributed by atoms with E-state index in [1.807, 2.05) is 18.2 Å². The summed E-state index contributed by atoms with van der Waals surface area (Å²) in [7, 11) is 0. The number of rotatable bonds is 4. The first-order chi connectivity index (χ1) is 13.1. The van der Waals surface area contributed by atoms with Crippen LogP contribution in [0.2, 0.25) is 0 Å². The van der Waals surface area contributed by atoms with E-state index in [1.54, 1.807) is 13.0 Å². The van der Waals surface area contributed by atoms with Crippen molar-refractivity contribution in [3.8, 4) is 11.5 Å². The Bertz CT molecular complexity index is 861. The van der Waals surface area contributed by atoms with Gasteiger partial charge in [0.1, 0.15) is 5.82 Å². The normalized spacial score (nSPS) is 17.6. The smallest absolute Gasteiger partial charge is 0.251 e. The number of nitrogens with one attached hydrogen (secondary N) is 1. The van der Waals surface area contributed by atoms with E-state index in [0.29, 0.717) is 30.9 Å². The summed E-state index contributed by atoms with van der Waals surface area (Å²) in [5, 5.41) is 3.03. The van der Waals surface area contributed by atoms with Crippen molar-refractivity contribution in [1.29, 1.82) is 0 Å². The minimum absolute atomic E-state index is 0.204. The SMILES string of the molecule is Cc1cc(C(=O)NCC2(c3ccc4c(c3)OCO4)CCOCC2)ccc1F. The summed E-state index contributed by atoms with van der Waals surface area (Å²) in [5.74, 6) is 0.961. The average Bonchev–Trinajstić information content (AvgIpc) is 3.17. The van der Waals surface area contributed by atoms with E-state index in [-0.39, 0.29) is 23.9 Å². The van der Waals surface area contributed by atoms with Crippen molar-refractivity contribution in [2.24, 2.45) is 0 Å². The van der Waals surface area contributed by atoms with Crippen LogP contribution >= 0.6 is 0 Å². The molecule has 0 spiro atoms. The highest BCUT2D eigenvalue weighted by molar-refractivity contribution is 5.94. The van der Waals surface area contributed by atoms with Crippen molar-refractivity contribution in [1.82, 2.24) is 5.32 Å². The predicted molar refractivity (Wildman–Crippen MR) is 97.8 cm³/mol. The Labute approximate surface area is 157 Å². The zero-order valence-electron chi connectivity index (χ0n) is 15.2. The zero-order valence-corrected chi connectivity index (χ0v) is 15.2. The van der Waals surface area contributed by atoms with Crippen molar-refractivity contribution < 1.29 is 23.4 Å². The number of amides is 1. The van der Waals surface area contributed by atoms with Crippen molar-refractivity contribution in [3.63, 3.8) is 0 Å². The summed E-state index contributed by atoms with van der Waals surface area (Å²) in [5.41, 5.74) is 1.79. The van der Waals surface area contributed by atoms with Crippen LogP contribution in [-0.4, -0.2) is 32.5 Å². The summed E-state index contributed by atoms with van der Waals surface area (Å²) in [6.45, 7) is 3.64. The van der Waals surface area contributed by atoms with Gasteiger partial charge in [0.25, 0.3) is 5.91 Å². The minimum atomic E-state index is -0.312. The lowest BCUT2D eigenvalue weighted by molar-refractivity contribution is 0.0486. The topological polar surface area (TPSA) is 56.8 Å². The maximum absolute atomic E-state index is 13.5. The Morgan fingerprint density at radius 3 is 2.67 bits per heavy atom. The van der Waals surface area contributed by atoms with Gasteiger partial charge in [-0.25, -0.2) is 4.39 Å². The van der Waals surface area contributed by atoms with E-state index >= 15 is 0 Å². The van der Waals surface area contributed by atoms with Gasteiger partial charge in [0.2, 0.25) is 6.79 Å². The Balaban J connectivity index is 1.55. The van der Waals surface area contributed by atoms with Crippen molar-refractivity contribution in [2.75, 3.05) is 26.6 Å². The molecule has 2 heterocycles. The summed E-state index contributed by atoms with van der Waals surface area (Å²) >= 11 is 0. The maximum atomic E-state index is 13.5. The van der Waals surface area contributed by atoms with E-state index in [2.05, 4.69) is 5.32 Å². The second-order valence-electron chi connectivity index (χ2n) is 7.11. The highest BCUT2D eigenvalue weighted by Gasteiger charge is 2.36. The molecular formula is C21H22FNO4. The fraction of sp³-hybridized carbons (Fsp3) is 0.381. The van der Waals surface area contributed by atoms with Crippen LogP contribution in [-0.2, 0) is 10.2 Å². The van der Waals surface area contributed by atoms with Crippen molar-refractivity contribution >= 4 is 5.91 Å². The Morgan fingerprint density at radius 2 is 1.89 bits per heavy atom. The molecular weight excluding hydrogens is 349 g/mol. The summed E-state index contributed by atoms with van der Waals surface area (Å²) < 4.78 is 29.9. The molecule has 0 saturated carbocycles. The molecule has 0 aromatic heterocycles. The van der Waals surface area contributed by atoms with Crippen LogP contribution in [0.1, 0.15) is 34.3 Å². The third kappa shape index (κ3) is 3.49. The number of aryl methyl sites for hydroxylation is 1. The fourth-order valence-electron chi connectivity index (χ4n) is 3.69. The van der Waals surface area contributed by atoms with Gasteiger partial charge in [-0.2, -0.15) is 0 Å². The molecule has 2 aliphatic rings. The molecule has 1 amide bonds. The van der Waals surface area contributed by atoms with E-state index < -0.39 is 0 Å². The van der Waals surface area contributed by atoms with Crippen molar-refractivity contribution in [2.45, 2.75) is 25.2 Å². The molecule has 4 rings (SSSR count). The lowest BCUT2D eigenvalue weighted by Crippen LogP contribution is -2.44. The number of carbonyl (C=O) groups is 1. The van der Waals surface area contributed by atoms with Crippen LogP contribution in [0.3, 0.4) is 0 Å². The number of carbonyl (C=O) groups excluding carboxylic acids is 1. The first-order valence-corrected chi connectivity index (χ1v) is 9.10. The second kappa shape index (κ2) is 7.19. The Hall–Kier alpha value is -2.60. The molecule has 6 heteroatoms. The number of benzene rings is 2. The number of ether oxygens (including phenoxy) is 3. The number of halogens is 1. The summed E-state index contributed by atoms with van der Waals surface area (Å²) in [6, 6.07) is 10.4. The molecule has 2 aromatic rings. The minimum Gasteiger partial charge on any atom is -0.454 e. The highest BCUT2D eigenvalue weighted by atomic mass is 19.1. The molecule has 1 saturated heterocycles. The second-order valence-corrected chi connectivity index (χ2v) is 7.11. The van der Waals surface area contributed by atoms with Gasteiger partial charge in [0.15, 0.2) is 11.5 Å². The predicted octanol–water partition coefficient (Wildman–Crippen LogP) is 3.34. The van der Waals surface area contributed by atoms with Gasteiger partial charge < -0.3 is 19.5 Å². The lowest BCUT2D eigenvalue weighted by Gasteiger charge is -2.38. The molecule has 0 atom stereocenters. The van der Waals surface area contributed by atoms with E-state index in [1.165, 1.54) is 12.1 Å². The third-order valence-corrected chi connectivity index (χ3v) is 5.44. The van der Waals surface area contributed by atoms with Gasteiger partial charge in [0.05, 0.1) is 0 Å². The molecule has 1 N–H and O–H groups in total. The third-order valence-electron chi connectivity index (χ3n) is 5.44. The first-order valence-electron chi connectivity index (χ1n) is 9.10. The van der Waals surface area contributed by atoms with E-state index in [0.717, 1.165) is 29.9 Å². The van der Waals surface area contributed by atoms with Gasteiger partial charge in [-0.15, -0.1) is 0 Å². The van der Waals surface area contributed by atoms with E-state index in [4.69, 9.17) is 14.2 Å². The maximum Gasteiger partial charge on any atom is 0.251 e. The van der Waals surface area contributed by atoms with Crippen LogP contribution < -0.4 is 14.8 Å². The number of hydrogen-bond donors (Lipinski definition) is 1. The Morgan fingerprint density at radius 1 is 1.11 bits per heavy atom. The molecule has 2 aromatic carbocycles. The Kier molecular flexibility index (Phi) is 4.74. The largest absolute Gasteiger partial charge is 0.454 e. The first kappa shape index (κ1) is 17.8. The van der Waals surface area contributed by atoms with Crippen LogP contribution in [0.25, 0.3) is 0 Å². The van der Waals surface area contributed by atoms with E-state index in [9.17, 15) is 9.18 Å². The fourth-order valence-corrected chi connectivity index (χ4v) is 3.69. The molecule has 0 unspecified atom stereocenters. The molecule has 27 heavy (non-hydrogen) atoms. The van der Waals surface area contributed by atoms with Crippen LogP contribution in [0, 0.1) is 12.7 Å². The zero-order chi connectivity index (χ0) is 18.9. The molecule has 0 bridgehead atoms. The number of fused-ring (bicyclic) bond motifs is 1. The van der Waals surface area contributed by atoms with Gasteiger partial charge in [0, 0.05) is 30.7 Å². The molecule has 5 nitrogen and oxygen atoms in total. The molecule has 0 radical (unpaired) electrons. The highest BCUT2D eigenvalue weighted by Crippen LogP contribution is 2.40. The van der Waals surface area contributed by atoms with Gasteiger partial charge in [-0.3, -0.25) is 4.79 Å². The molecule has 142 valence electrons. The van der Waals surface area contributed by atoms with Crippen molar-refractivity contribution in [3.05, 3.63) is 58.9 Å². The summed E-state index contributed by atoms with van der Waals surface area (Å²) in [6.07, 6.45) is 1.60. The quantitative estimate of drug-likeness (QED) is 0.896. The summed E-state index contributed by atoms with van der Waals surface area (Å²) in [4.78, 5) is 12.6. The van der Waals surface area contributed by atoms with Gasteiger partial charge >= 0.3 is 0 Å². The van der Waals surface area contributed by atoms with Gasteiger partial charge in [-0.05, 0) is 61.2 Å². The van der Waals surface area contributed by atoms with Gasteiger partial charge in [-0.1, -0.05) is 6.07 Å².